The second-order valence-electron chi connectivity index (χ2n) is 7.90. The summed E-state index contributed by atoms with van der Waals surface area (Å²) in [5.74, 6) is -1.32. The molecule has 0 fully saturated rings. The highest BCUT2D eigenvalue weighted by Gasteiger charge is 2.35. The molecule has 2 aromatic rings. The van der Waals surface area contributed by atoms with Crippen molar-refractivity contribution in [3.8, 4) is 0 Å². The maximum atomic E-state index is 11.9. The summed E-state index contributed by atoms with van der Waals surface area (Å²) in [6.45, 7) is 7.07. The molecule has 0 heterocycles. The molecule has 2 aromatic carbocycles. The van der Waals surface area contributed by atoms with Crippen LogP contribution in [0.4, 0.5) is 0 Å². The maximum absolute atomic E-state index is 11.9. The minimum absolute atomic E-state index is 0.0203. The molecule has 5 nitrogen and oxygen atoms in total. The summed E-state index contributed by atoms with van der Waals surface area (Å²) < 4.78 is 17.0. The van der Waals surface area contributed by atoms with Gasteiger partial charge in [0.25, 0.3) is 0 Å². The van der Waals surface area contributed by atoms with Gasteiger partial charge in [-0.05, 0) is 18.1 Å². The lowest BCUT2D eigenvalue weighted by atomic mass is 9.84. The van der Waals surface area contributed by atoms with Crippen LogP contribution in [-0.4, -0.2) is 37.0 Å². The Hall–Kier alpha value is -2.21. The highest BCUT2D eigenvalue weighted by molar-refractivity contribution is 5.72. The monoisotopic (exact) mass is 414 g/mol. The fraction of sp³-hybridized carbons (Fsp3) is 0.480. The van der Waals surface area contributed by atoms with Crippen molar-refractivity contribution in [2.24, 2.45) is 17.8 Å². The lowest BCUT2D eigenvalue weighted by Gasteiger charge is -2.34. The van der Waals surface area contributed by atoms with Gasteiger partial charge in [0.1, 0.15) is 0 Å². The van der Waals surface area contributed by atoms with E-state index in [1.54, 1.807) is 6.92 Å². The number of aliphatic hydroxyl groups is 1. The van der Waals surface area contributed by atoms with E-state index in [9.17, 15) is 9.90 Å². The number of carbonyl (C=O) groups is 1. The molecule has 0 aliphatic carbocycles. The van der Waals surface area contributed by atoms with E-state index in [2.05, 4.69) is 0 Å². The van der Waals surface area contributed by atoms with E-state index in [4.69, 9.17) is 14.2 Å². The number of methoxy groups -OCH3 is 1. The second-order valence-corrected chi connectivity index (χ2v) is 7.90. The highest BCUT2D eigenvalue weighted by Crippen LogP contribution is 2.26. The summed E-state index contributed by atoms with van der Waals surface area (Å²) >= 11 is 0. The molecule has 0 bridgehead atoms. The fourth-order valence-electron chi connectivity index (χ4n) is 3.61. The number of hydrogen-bond acceptors (Lipinski definition) is 5. The minimum atomic E-state index is -0.880. The zero-order valence-corrected chi connectivity index (χ0v) is 18.4. The van der Waals surface area contributed by atoms with Crippen LogP contribution in [0.25, 0.3) is 0 Å². The molecular weight excluding hydrogens is 380 g/mol. The highest BCUT2D eigenvalue weighted by atomic mass is 16.5. The smallest absolute Gasteiger partial charge is 0.311 e. The lowest BCUT2D eigenvalue weighted by Crippen LogP contribution is -2.42. The molecule has 0 aliphatic rings. The Morgan fingerprint density at radius 2 is 1.43 bits per heavy atom. The van der Waals surface area contributed by atoms with Gasteiger partial charge < -0.3 is 19.3 Å². The molecule has 30 heavy (non-hydrogen) atoms. The number of ether oxygens (including phenoxy) is 3. The Morgan fingerprint density at radius 3 is 1.97 bits per heavy atom. The van der Waals surface area contributed by atoms with Gasteiger partial charge in [0.2, 0.25) is 0 Å². The molecule has 2 rings (SSSR count). The third-order valence-corrected chi connectivity index (χ3v) is 5.48. The Bertz CT molecular complexity index is 734. The third-order valence-electron chi connectivity index (χ3n) is 5.48. The number of benzene rings is 2. The minimum Gasteiger partial charge on any atom is -0.469 e. The zero-order chi connectivity index (χ0) is 21.9. The SMILES string of the molecule is COC(=O)[C@@H](C)[C@H](O)[C@H](C)[C@H](OCc1ccccc1)[C@@H](C)COCc1ccccc1. The van der Waals surface area contributed by atoms with Gasteiger partial charge in [0.05, 0.1) is 45.1 Å². The van der Waals surface area contributed by atoms with Gasteiger partial charge in [0, 0.05) is 11.8 Å². The molecule has 0 aliphatic heterocycles. The van der Waals surface area contributed by atoms with E-state index in [0.29, 0.717) is 19.8 Å². The molecule has 5 heteroatoms. The predicted molar refractivity (Wildman–Crippen MR) is 117 cm³/mol. The molecule has 164 valence electrons. The molecule has 0 saturated heterocycles. The van der Waals surface area contributed by atoms with Gasteiger partial charge in [-0.1, -0.05) is 74.5 Å². The lowest BCUT2D eigenvalue weighted by molar-refractivity contribution is -0.153. The molecule has 0 spiro atoms. The van der Waals surface area contributed by atoms with Crippen molar-refractivity contribution in [2.75, 3.05) is 13.7 Å². The average Bonchev–Trinajstić information content (AvgIpc) is 2.78. The largest absolute Gasteiger partial charge is 0.469 e. The van der Waals surface area contributed by atoms with Crippen LogP contribution in [0.2, 0.25) is 0 Å². The predicted octanol–water partition coefficient (Wildman–Crippen LogP) is 4.23. The number of aliphatic hydroxyl groups excluding tert-OH is 1. The summed E-state index contributed by atoms with van der Waals surface area (Å²) in [5.41, 5.74) is 2.17. The van der Waals surface area contributed by atoms with Crippen LogP contribution in [0.15, 0.2) is 60.7 Å². The summed E-state index contributed by atoms with van der Waals surface area (Å²) in [6.07, 6.45) is -1.17. The molecular formula is C25H34O5. The Kier molecular flexibility index (Phi) is 10.0. The molecule has 1 N–H and O–H groups in total. The van der Waals surface area contributed by atoms with E-state index < -0.39 is 18.0 Å². The van der Waals surface area contributed by atoms with Gasteiger partial charge in [0.15, 0.2) is 0 Å². The molecule has 0 radical (unpaired) electrons. The van der Waals surface area contributed by atoms with Crippen LogP contribution in [0.5, 0.6) is 0 Å². The summed E-state index contributed by atoms with van der Waals surface area (Å²) in [5, 5.41) is 10.8. The standard InChI is InChI=1S/C25H34O5/c1-18(15-29-16-21-11-7-5-8-12-21)24(30-17-22-13-9-6-10-14-22)19(2)23(26)20(3)25(27)28-4/h5-14,18-20,23-24,26H,15-17H2,1-4H3/t18-,19-,20-,23+,24+/m0/s1. The van der Waals surface area contributed by atoms with Gasteiger partial charge in [-0.25, -0.2) is 0 Å². The molecule has 0 amide bonds. The Morgan fingerprint density at radius 1 is 0.900 bits per heavy atom. The number of rotatable bonds is 12. The van der Waals surface area contributed by atoms with Gasteiger partial charge in [-0.3, -0.25) is 4.79 Å². The van der Waals surface area contributed by atoms with Crippen LogP contribution < -0.4 is 0 Å². The first-order chi connectivity index (χ1) is 14.4. The third kappa shape index (κ3) is 7.24. The molecule has 0 saturated carbocycles. The van der Waals surface area contributed by atoms with Crippen molar-refractivity contribution in [3.05, 3.63) is 71.8 Å². The van der Waals surface area contributed by atoms with Crippen molar-refractivity contribution in [3.63, 3.8) is 0 Å². The van der Waals surface area contributed by atoms with Crippen LogP contribution in [0.1, 0.15) is 31.9 Å². The van der Waals surface area contributed by atoms with E-state index >= 15 is 0 Å². The fourth-order valence-corrected chi connectivity index (χ4v) is 3.61. The number of hydrogen-bond donors (Lipinski definition) is 1. The Labute approximate surface area is 180 Å². The van der Waals surface area contributed by atoms with Crippen LogP contribution >= 0.6 is 0 Å². The summed E-state index contributed by atoms with van der Waals surface area (Å²) in [6, 6.07) is 19.9. The quantitative estimate of drug-likeness (QED) is 0.527. The van der Waals surface area contributed by atoms with E-state index in [1.807, 2.05) is 74.5 Å². The number of esters is 1. The molecule has 0 unspecified atom stereocenters. The van der Waals surface area contributed by atoms with Crippen LogP contribution in [0.3, 0.4) is 0 Å². The normalized spacial score (nSPS) is 16.3. The summed E-state index contributed by atoms with van der Waals surface area (Å²) in [4.78, 5) is 11.9. The van der Waals surface area contributed by atoms with Crippen molar-refractivity contribution >= 4 is 5.97 Å². The van der Waals surface area contributed by atoms with Crippen molar-refractivity contribution < 1.29 is 24.1 Å². The first-order valence-corrected chi connectivity index (χ1v) is 10.5. The Balaban J connectivity index is 2.03. The number of carbonyl (C=O) groups excluding carboxylic acids is 1. The second kappa shape index (κ2) is 12.5. The van der Waals surface area contributed by atoms with Crippen molar-refractivity contribution in [1.82, 2.24) is 0 Å². The maximum Gasteiger partial charge on any atom is 0.311 e. The van der Waals surface area contributed by atoms with Crippen LogP contribution in [-0.2, 0) is 32.2 Å². The topological polar surface area (TPSA) is 65.0 Å². The van der Waals surface area contributed by atoms with Gasteiger partial charge in [-0.15, -0.1) is 0 Å². The van der Waals surface area contributed by atoms with Gasteiger partial charge in [-0.2, -0.15) is 0 Å². The van der Waals surface area contributed by atoms with E-state index in [0.717, 1.165) is 11.1 Å². The average molecular weight is 415 g/mol. The first kappa shape index (κ1) is 24.1. The summed E-state index contributed by atoms with van der Waals surface area (Å²) in [7, 11) is 1.33. The van der Waals surface area contributed by atoms with Gasteiger partial charge >= 0.3 is 5.97 Å². The van der Waals surface area contributed by atoms with Crippen molar-refractivity contribution in [2.45, 2.75) is 46.2 Å². The van der Waals surface area contributed by atoms with Crippen molar-refractivity contribution in [1.29, 1.82) is 0 Å². The first-order valence-electron chi connectivity index (χ1n) is 10.5. The van der Waals surface area contributed by atoms with E-state index in [1.165, 1.54) is 7.11 Å². The molecule has 5 atom stereocenters. The molecule has 0 aromatic heterocycles. The zero-order valence-electron chi connectivity index (χ0n) is 18.4. The van der Waals surface area contributed by atoms with E-state index in [-0.39, 0.29) is 17.9 Å². The van der Waals surface area contributed by atoms with Crippen LogP contribution in [0, 0.1) is 17.8 Å².